The Kier molecular flexibility index (Phi) is 2.55. The summed E-state index contributed by atoms with van der Waals surface area (Å²) in [7, 11) is 1.93. The highest BCUT2D eigenvalue weighted by Gasteiger charge is 2.11. The Morgan fingerprint density at radius 3 is 2.93 bits per heavy atom. The standard InChI is InChI=1S/C12H12ClNO/c1-3-12(15)10-7-14(2)11-6-8(13)4-5-9(10)11/h3-7,12,15H,1H2,2H3. The van der Waals surface area contributed by atoms with Gasteiger partial charge in [0.05, 0.1) is 6.10 Å². The molecule has 0 saturated heterocycles. The van der Waals surface area contributed by atoms with Crippen LogP contribution in [0.2, 0.25) is 5.02 Å². The van der Waals surface area contributed by atoms with Crippen molar-refractivity contribution >= 4 is 22.5 Å². The van der Waals surface area contributed by atoms with Crippen molar-refractivity contribution in [3.8, 4) is 0 Å². The molecule has 0 saturated carbocycles. The van der Waals surface area contributed by atoms with Gasteiger partial charge < -0.3 is 9.67 Å². The average molecular weight is 222 g/mol. The molecule has 0 aliphatic carbocycles. The molecule has 78 valence electrons. The summed E-state index contributed by atoms with van der Waals surface area (Å²) >= 11 is 5.92. The summed E-state index contributed by atoms with van der Waals surface area (Å²) < 4.78 is 1.95. The van der Waals surface area contributed by atoms with Crippen LogP contribution in [0.1, 0.15) is 11.7 Å². The molecule has 0 bridgehead atoms. The Hall–Kier alpha value is -1.25. The number of aromatic nitrogens is 1. The monoisotopic (exact) mass is 221 g/mol. The van der Waals surface area contributed by atoms with E-state index in [4.69, 9.17) is 11.6 Å². The number of fused-ring (bicyclic) bond motifs is 1. The van der Waals surface area contributed by atoms with Crippen LogP contribution in [0.25, 0.3) is 10.9 Å². The number of aliphatic hydroxyl groups is 1. The minimum atomic E-state index is -0.630. The molecule has 1 atom stereocenters. The molecule has 2 rings (SSSR count). The van der Waals surface area contributed by atoms with Gasteiger partial charge >= 0.3 is 0 Å². The third kappa shape index (κ3) is 1.66. The molecular weight excluding hydrogens is 210 g/mol. The van der Waals surface area contributed by atoms with Crippen LogP contribution in [0.5, 0.6) is 0 Å². The number of hydrogen-bond donors (Lipinski definition) is 1. The number of halogens is 1. The molecule has 1 heterocycles. The Labute approximate surface area is 93.4 Å². The second-order valence-electron chi connectivity index (χ2n) is 3.54. The fourth-order valence-corrected chi connectivity index (χ4v) is 1.92. The first-order chi connectivity index (χ1) is 7.13. The minimum Gasteiger partial charge on any atom is -0.384 e. The number of benzene rings is 1. The first-order valence-electron chi connectivity index (χ1n) is 4.68. The Morgan fingerprint density at radius 1 is 1.53 bits per heavy atom. The maximum atomic E-state index is 9.75. The summed E-state index contributed by atoms with van der Waals surface area (Å²) in [6.07, 6.45) is 2.78. The largest absolute Gasteiger partial charge is 0.384 e. The molecule has 0 amide bonds. The van der Waals surface area contributed by atoms with Crippen LogP contribution >= 0.6 is 11.6 Å². The molecule has 15 heavy (non-hydrogen) atoms. The van der Waals surface area contributed by atoms with Gasteiger partial charge in [0.1, 0.15) is 0 Å². The maximum absolute atomic E-state index is 9.75. The molecule has 0 aliphatic rings. The van der Waals surface area contributed by atoms with E-state index in [1.54, 1.807) is 0 Å². The zero-order chi connectivity index (χ0) is 11.0. The normalized spacial score (nSPS) is 13.0. The summed E-state index contributed by atoms with van der Waals surface area (Å²) in [5.74, 6) is 0. The van der Waals surface area contributed by atoms with E-state index >= 15 is 0 Å². The van der Waals surface area contributed by atoms with Gasteiger partial charge in [-0.3, -0.25) is 0 Å². The predicted octanol–water partition coefficient (Wildman–Crippen LogP) is 3.05. The van der Waals surface area contributed by atoms with Crippen LogP contribution in [0.15, 0.2) is 37.1 Å². The molecule has 0 aliphatic heterocycles. The second-order valence-corrected chi connectivity index (χ2v) is 3.97. The smallest absolute Gasteiger partial charge is 0.0989 e. The number of nitrogens with zero attached hydrogens (tertiary/aromatic N) is 1. The second kappa shape index (κ2) is 3.72. The number of rotatable bonds is 2. The third-order valence-corrected chi connectivity index (χ3v) is 2.76. The lowest BCUT2D eigenvalue weighted by atomic mass is 10.1. The lowest BCUT2D eigenvalue weighted by Gasteiger charge is -2.02. The summed E-state index contributed by atoms with van der Waals surface area (Å²) in [5.41, 5.74) is 1.87. The van der Waals surface area contributed by atoms with Gasteiger partial charge in [0, 0.05) is 34.7 Å². The molecule has 1 aromatic heterocycles. The number of hydrogen-bond acceptors (Lipinski definition) is 1. The molecule has 1 unspecified atom stereocenters. The van der Waals surface area contributed by atoms with Crippen molar-refractivity contribution in [2.24, 2.45) is 7.05 Å². The molecule has 2 aromatic rings. The van der Waals surface area contributed by atoms with Crippen molar-refractivity contribution in [1.29, 1.82) is 0 Å². The fraction of sp³-hybridized carbons (Fsp3) is 0.167. The van der Waals surface area contributed by atoms with Crippen molar-refractivity contribution in [1.82, 2.24) is 4.57 Å². The van der Waals surface area contributed by atoms with Crippen molar-refractivity contribution in [2.75, 3.05) is 0 Å². The zero-order valence-corrected chi connectivity index (χ0v) is 9.20. The van der Waals surface area contributed by atoms with Crippen LogP contribution in [0, 0.1) is 0 Å². The van der Waals surface area contributed by atoms with Crippen LogP contribution in [0.4, 0.5) is 0 Å². The van der Waals surface area contributed by atoms with Gasteiger partial charge in [-0.1, -0.05) is 23.7 Å². The van der Waals surface area contributed by atoms with Gasteiger partial charge in [-0.15, -0.1) is 6.58 Å². The minimum absolute atomic E-state index is 0.630. The van der Waals surface area contributed by atoms with Crippen molar-refractivity contribution < 1.29 is 5.11 Å². The van der Waals surface area contributed by atoms with Gasteiger partial charge in [-0.25, -0.2) is 0 Å². The van der Waals surface area contributed by atoms with E-state index in [-0.39, 0.29) is 0 Å². The molecule has 1 aromatic carbocycles. The maximum Gasteiger partial charge on any atom is 0.0989 e. The van der Waals surface area contributed by atoms with Crippen LogP contribution in [-0.4, -0.2) is 9.67 Å². The van der Waals surface area contributed by atoms with Crippen LogP contribution < -0.4 is 0 Å². The summed E-state index contributed by atoms with van der Waals surface area (Å²) in [6.45, 7) is 3.59. The Morgan fingerprint density at radius 2 is 2.27 bits per heavy atom. The molecule has 3 heteroatoms. The predicted molar refractivity (Wildman–Crippen MR) is 63.1 cm³/mol. The van der Waals surface area contributed by atoms with E-state index in [0.29, 0.717) is 5.02 Å². The van der Waals surface area contributed by atoms with Crippen LogP contribution in [-0.2, 0) is 7.05 Å². The third-order valence-electron chi connectivity index (χ3n) is 2.53. The molecule has 1 N–H and O–H groups in total. The topological polar surface area (TPSA) is 25.2 Å². The highest BCUT2D eigenvalue weighted by molar-refractivity contribution is 6.31. The lowest BCUT2D eigenvalue weighted by Crippen LogP contribution is -1.90. The Bertz CT molecular complexity index is 516. The molecule has 2 nitrogen and oxygen atoms in total. The Balaban J connectivity index is 2.73. The molecule has 0 spiro atoms. The van der Waals surface area contributed by atoms with E-state index in [9.17, 15) is 5.11 Å². The van der Waals surface area contributed by atoms with Gasteiger partial charge in [0.2, 0.25) is 0 Å². The summed E-state index contributed by atoms with van der Waals surface area (Å²) in [6, 6.07) is 5.62. The SMILES string of the molecule is C=CC(O)c1cn(C)c2cc(Cl)ccc12. The van der Waals surface area contributed by atoms with Gasteiger partial charge in [0.15, 0.2) is 0 Å². The summed E-state index contributed by atoms with van der Waals surface area (Å²) in [5, 5.41) is 11.5. The number of aryl methyl sites for hydroxylation is 1. The fourth-order valence-electron chi connectivity index (χ4n) is 1.75. The first-order valence-corrected chi connectivity index (χ1v) is 5.06. The van der Waals surface area contributed by atoms with Gasteiger partial charge in [0.25, 0.3) is 0 Å². The van der Waals surface area contributed by atoms with Gasteiger partial charge in [-0.2, -0.15) is 0 Å². The number of aliphatic hydroxyl groups excluding tert-OH is 1. The van der Waals surface area contributed by atoms with Gasteiger partial charge in [-0.05, 0) is 12.1 Å². The summed E-state index contributed by atoms with van der Waals surface area (Å²) in [4.78, 5) is 0. The average Bonchev–Trinajstić information content (AvgIpc) is 2.55. The zero-order valence-electron chi connectivity index (χ0n) is 8.44. The van der Waals surface area contributed by atoms with E-state index in [2.05, 4.69) is 6.58 Å². The molecular formula is C12H12ClNO. The van der Waals surface area contributed by atoms with E-state index < -0.39 is 6.10 Å². The highest BCUT2D eigenvalue weighted by atomic mass is 35.5. The van der Waals surface area contributed by atoms with E-state index in [1.807, 2.05) is 36.0 Å². The lowest BCUT2D eigenvalue weighted by molar-refractivity contribution is 0.230. The quantitative estimate of drug-likeness (QED) is 0.775. The molecule has 0 radical (unpaired) electrons. The van der Waals surface area contributed by atoms with E-state index in [1.165, 1.54) is 6.08 Å². The highest BCUT2D eigenvalue weighted by Crippen LogP contribution is 2.28. The van der Waals surface area contributed by atoms with E-state index in [0.717, 1.165) is 16.5 Å². The first kappa shape index (κ1) is 10.3. The van der Waals surface area contributed by atoms with Crippen molar-refractivity contribution in [2.45, 2.75) is 6.10 Å². The van der Waals surface area contributed by atoms with Crippen molar-refractivity contribution in [3.05, 3.63) is 47.6 Å². The van der Waals surface area contributed by atoms with Crippen LogP contribution in [0.3, 0.4) is 0 Å². The molecule has 0 fully saturated rings. The van der Waals surface area contributed by atoms with Crippen molar-refractivity contribution in [3.63, 3.8) is 0 Å².